The van der Waals surface area contributed by atoms with Gasteiger partial charge in [0.25, 0.3) is 0 Å². The van der Waals surface area contributed by atoms with Crippen molar-refractivity contribution in [3.8, 4) is 0 Å². The molecule has 0 spiro atoms. The van der Waals surface area contributed by atoms with Crippen LogP contribution in [0.4, 0.5) is 10.3 Å². The average Bonchev–Trinajstić information content (AvgIpc) is 3.13. The van der Waals surface area contributed by atoms with Gasteiger partial charge < -0.3 is 9.47 Å². The Morgan fingerprint density at radius 1 is 1.17 bits per heavy atom. The van der Waals surface area contributed by atoms with Crippen LogP contribution in [0, 0.1) is 5.82 Å². The van der Waals surface area contributed by atoms with Gasteiger partial charge in [0.2, 0.25) is 5.95 Å². The second kappa shape index (κ2) is 5.29. The van der Waals surface area contributed by atoms with Crippen LogP contribution in [0.5, 0.6) is 0 Å². The SMILES string of the molecule is Cn1nnnc1C1CCN(c2nc3c(F)cccc3n2C)CC1. The minimum Gasteiger partial charge on any atom is -0.342 e. The average molecular weight is 315 g/mol. The first kappa shape index (κ1) is 14.1. The highest BCUT2D eigenvalue weighted by molar-refractivity contribution is 5.79. The Labute approximate surface area is 132 Å². The summed E-state index contributed by atoms with van der Waals surface area (Å²) in [6.07, 6.45) is 1.92. The maximum absolute atomic E-state index is 13.9. The molecular weight excluding hydrogens is 297 g/mol. The van der Waals surface area contributed by atoms with E-state index in [-0.39, 0.29) is 5.82 Å². The molecule has 0 radical (unpaired) electrons. The van der Waals surface area contributed by atoms with Gasteiger partial charge in [-0.1, -0.05) is 6.07 Å². The van der Waals surface area contributed by atoms with Gasteiger partial charge in [-0.3, -0.25) is 0 Å². The summed E-state index contributed by atoms with van der Waals surface area (Å²) in [5, 5.41) is 11.7. The van der Waals surface area contributed by atoms with E-state index < -0.39 is 0 Å². The zero-order chi connectivity index (χ0) is 16.0. The first-order valence-electron chi connectivity index (χ1n) is 7.73. The third-order valence-electron chi connectivity index (χ3n) is 4.63. The molecule has 1 fully saturated rings. The summed E-state index contributed by atoms with van der Waals surface area (Å²) in [7, 11) is 3.80. The molecule has 0 saturated carbocycles. The van der Waals surface area contributed by atoms with E-state index >= 15 is 0 Å². The summed E-state index contributed by atoms with van der Waals surface area (Å²) >= 11 is 0. The molecule has 3 aromatic rings. The molecule has 0 bridgehead atoms. The Morgan fingerprint density at radius 3 is 2.61 bits per heavy atom. The van der Waals surface area contributed by atoms with Gasteiger partial charge in [0.1, 0.15) is 5.52 Å². The lowest BCUT2D eigenvalue weighted by atomic mass is 9.96. The molecule has 120 valence electrons. The quantitative estimate of drug-likeness (QED) is 0.719. The molecule has 0 N–H and O–H groups in total. The van der Waals surface area contributed by atoms with E-state index in [1.54, 1.807) is 10.7 Å². The van der Waals surface area contributed by atoms with Crippen molar-refractivity contribution in [2.75, 3.05) is 18.0 Å². The summed E-state index contributed by atoms with van der Waals surface area (Å²) in [6, 6.07) is 5.07. The number of hydrogen-bond donors (Lipinski definition) is 0. The largest absolute Gasteiger partial charge is 0.342 e. The van der Waals surface area contributed by atoms with Crippen molar-refractivity contribution in [1.29, 1.82) is 0 Å². The number of rotatable bonds is 2. The summed E-state index contributed by atoms with van der Waals surface area (Å²) < 4.78 is 17.6. The number of piperidine rings is 1. The van der Waals surface area contributed by atoms with E-state index in [1.807, 2.05) is 24.7 Å². The van der Waals surface area contributed by atoms with Gasteiger partial charge in [-0.25, -0.2) is 14.1 Å². The molecule has 0 aliphatic carbocycles. The molecule has 2 aromatic heterocycles. The number of aromatic nitrogens is 6. The molecular formula is C15H18FN7. The molecule has 8 heteroatoms. The van der Waals surface area contributed by atoms with Crippen molar-refractivity contribution in [3.05, 3.63) is 29.8 Å². The van der Waals surface area contributed by atoms with E-state index in [2.05, 4.69) is 25.4 Å². The van der Waals surface area contributed by atoms with Crippen LogP contribution in [-0.4, -0.2) is 42.8 Å². The highest BCUT2D eigenvalue weighted by atomic mass is 19.1. The number of hydrogen-bond acceptors (Lipinski definition) is 5. The third kappa shape index (κ3) is 2.25. The maximum atomic E-state index is 13.9. The Bertz CT molecular complexity index is 845. The summed E-state index contributed by atoms with van der Waals surface area (Å²) in [6.45, 7) is 1.71. The number of para-hydroxylation sites is 1. The van der Waals surface area contributed by atoms with Gasteiger partial charge in [0.05, 0.1) is 5.52 Å². The van der Waals surface area contributed by atoms with Crippen molar-refractivity contribution >= 4 is 17.0 Å². The minimum atomic E-state index is -0.274. The molecule has 4 rings (SSSR count). The first-order chi connectivity index (χ1) is 11.1. The fourth-order valence-electron chi connectivity index (χ4n) is 3.37. The van der Waals surface area contributed by atoms with Crippen LogP contribution in [0.3, 0.4) is 0 Å². The van der Waals surface area contributed by atoms with Gasteiger partial charge in [-0.15, -0.1) is 5.10 Å². The Balaban J connectivity index is 1.58. The standard InChI is InChI=1S/C15H18FN7/c1-21-12-5-3-4-11(16)13(12)17-15(21)23-8-6-10(7-9-23)14-18-19-20-22(14)2/h3-5,10H,6-9H2,1-2H3. The molecule has 1 saturated heterocycles. The van der Waals surface area contributed by atoms with Crippen molar-refractivity contribution in [1.82, 2.24) is 29.8 Å². The van der Waals surface area contributed by atoms with E-state index in [0.29, 0.717) is 11.4 Å². The Kier molecular flexibility index (Phi) is 3.24. The molecule has 23 heavy (non-hydrogen) atoms. The number of halogens is 1. The number of aryl methyl sites for hydroxylation is 2. The van der Waals surface area contributed by atoms with Crippen LogP contribution >= 0.6 is 0 Å². The van der Waals surface area contributed by atoms with Gasteiger partial charge >= 0.3 is 0 Å². The lowest BCUT2D eigenvalue weighted by Crippen LogP contribution is -2.35. The second-order valence-corrected chi connectivity index (χ2v) is 6.00. The van der Waals surface area contributed by atoms with Gasteiger partial charge in [-0.05, 0) is 35.4 Å². The van der Waals surface area contributed by atoms with Crippen LogP contribution in [-0.2, 0) is 14.1 Å². The molecule has 3 heterocycles. The number of fused-ring (bicyclic) bond motifs is 1. The number of benzene rings is 1. The molecule has 0 amide bonds. The molecule has 1 aliphatic heterocycles. The van der Waals surface area contributed by atoms with E-state index in [9.17, 15) is 4.39 Å². The molecule has 7 nitrogen and oxygen atoms in total. The topological polar surface area (TPSA) is 64.7 Å². The predicted octanol–water partition coefficient (Wildman–Crippen LogP) is 1.62. The fraction of sp³-hybridized carbons (Fsp3) is 0.467. The van der Waals surface area contributed by atoms with Crippen LogP contribution in [0.2, 0.25) is 0 Å². The number of nitrogens with zero attached hydrogens (tertiary/aromatic N) is 7. The lowest BCUT2D eigenvalue weighted by Gasteiger charge is -2.31. The number of tetrazole rings is 1. The summed E-state index contributed by atoms with van der Waals surface area (Å²) in [5.41, 5.74) is 1.25. The molecule has 0 unspecified atom stereocenters. The normalized spacial score (nSPS) is 16.4. The van der Waals surface area contributed by atoms with E-state index in [4.69, 9.17) is 0 Å². The van der Waals surface area contributed by atoms with E-state index in [0.717, 1.165) is 43.2 Å². The van der Waals surface area contributed by atoms with Crippen LogP contribution in [0.25, 0.3) is 11.0 Å². The summed E-state index contributed by atoms with van der Waals surface area (Å²) in [5.74, 6) is 1.84. The highest BCUT2D eigenvalue weighted by Gasteiger charge is 2.27. The predicted molar refractivity (Wildman–Crippen MR) is 83.7 cm³/mol. The van der Waals surface area contributed by atoms with Crippen LogP contribution in [0.15, 0.2) is 18.2 Å². The first-order valence-corrected chi connectivity index (χ1v) is 7.73. The highest BCUT2D eigenvalue weighted by Crippen LogP contribution is 2.30. The van der Waals surface area contributed by atoms with Crippen LogP contribution in [0.1, 0.15) is 24.6 Å². The number of imidazole rings is 1. The molecule has 0 atom stereocenters. The van der Waals surface area contributed by atoms with Crippen LogP contribution < -0.4 is 4.90 Å². The van der Waals surface area contributed by atoms with Crippen molar-refractivity contribution < 1.29 is 4.39 Å². The number of anilines is 1. The summed E-state index contributed by atoms with van der Waals surface area (Å²) in [4.78, 5) is 6.72. The molecule has 1 aromatic carbocycles. The third-order valence-corrected chi connectivity index (χ3v) is 4.63. The second-order valence-electron chi connectivity index (χ2n) is 6.00. The van der Waals surface area contributed by atoms with Gasteiger partial charge in [-0.2, -0.15) is 0 Å². The monoisotopic (exact) mass is 315 g/mol. The van der Waals surface area contributed by atoms with Gasteiger partial charge in [0.15, 0.2) is 11.6 Å². The maximum Gasteiger partial charge on any atom is 0.206 e. The Morgan fingerprint density at radius 2 is 1.96 bits per heavy atom. The molecule has 1 aliphatic rings. The smallest absolute Gasteiger partial charge is 0.206 e. The zero-order valence-electron chi connectivity index (χ0n) is 13.1. The van der Waals surface area contributed by atoms with Gasteiger partial charge in [0, 0.05) is 33.1 Å². The minimum absolute atomic E-state index is 0.274. The van der Waals surface area contributed by atoms with E-state index in [1.165, 1.54) is 6.07 Å². The van der Waals surface area contributed by atoms with Crippen molar-refractivity contribution in [2.24, 2.45) is 14.1 Å². The zero-order valence-corrected chi connectivity index (χ0v) is 13.1. The van der Waals surface area contributed by atoms with Crippen molar-refractivity contribution in [3.63, 3.8) is 0 Å². The fourth-order valence-corrected chi connectivity index (χ4v) is 3.37. The Hall–Kier alpha value is -2.51. The van der Waals surface area contributed by atoms with Crippen molar-refractivity contribution in [2.45, 2.75) is 18.8 Å². The lowest BCUT2D eigenvalue weighted by molar-refractivity contribution is 0.462.